The highest BCUT2D eigenvalue weighted by atomic mass is 16.5. The summed E-state index contributed by atoms with van der Waals surface area (Å²) in [5.74, 6) is -0.109. The molecule has 5 nitrogen and oxygen atoms in total. The number of amides is 1. The minimum absolute atomic E-state index is 0.409. The lowest BCUT2D eigenvalue weighted by molar-refractivity contribution is -0.127. The third-order valence-electron chi connectivity index (χ3n) is 5.13. The van der Waals surface area contributed by atoms with Crippen LogP contribution in [0.15, 0.2) is 54.7 Å². The Bertz CT molecular complexity index is 982. The average molecular weight is 362 g/mol. The molecule has 0 aliphatic carbocycles. The van der Waals surface area contributed by atoms with Gasteiger partial charge in [0, 0.05) is 30.4 Å². The van der Waals surface area contributed by atoms with Gasteiger partial charge in [-0.25, -0.2) is 0 Å². The van der Waals surface area contributed by atoms with E-state index in [1.165, 1.54) is 0 Å². The van der Waals surface area contributed by atoms with Crippen LogP contribution in [0.1, 0.15) is 29.8 Å². The van der Waals surface area contributed by atoms with Gasteiger partial charge in [-0.3, -0.25) is 9.59 Å². The first-order chi connectivity index (χ1) is 13.2. The zero-order chi connectivity index (χ0) is 18.8. The molecule has 0 radical (unpaired) electrons. The van der Waals surface area contributed by atoms with Gasteiger partial charge < -0.3 is 14.0 Å². The van der Waals surface area contributed by atoms with Crippen LogP contribution in [0.25, 0.3) is 16.6 Å². The predicted molar refractivity (Wildman–Crippen MR) is 104 cm³/mol. The van der Waals surface area contributed by atoms with E-state index in [-0.39, 0.29) is 0 Å². The maximum Gasteiger partial charge on any atom is 0.296 e. The van der Waals surface area contributed by atoms with Crippen molar-refractivity contribution in [2.45, 2.75) is 19.3 Å². The normalized spacial score (nSPS) is 14.3. The number of piperidine rings is 1. The Morgan fingerprint density at radius 1 is 0.963 bits per heavy atom. The molecule has 0 N–H and O–H groups in total. The van der Waals surface area contributed by atoms with E-state index in [1.54, 1.807) is 12.0 Å². The quantitative estimate of drug-likeness (QED) is 0.524. The molecule has 4 rings (SSSR count). The van der Waals surface area contributed by atoms with Crippen molar-refractivity contribution >= 4 is 17.2 Å². The van der Waals surface area contributed by atoms with E-state index >= 15 is 0 Å². The van der Waals surface area contributed by atoms with E-state index < -0.39 is 11.7 Å². The van der Waals surface area contributed by atoms with Gasteiger partial charge in [-0.15, -0.1) is 0 Å². The van der Waals surface area contributed by atoms with Gasteiger partial charge in [0.25, 0.3) is 11.7 Å². The molecule has 1 amide bonds. The van der Waals surface area contributed by atoms with E-state index in [4.69, 9.17) is 4.74 Å². The maximum atomic E-state index is 13.2. The van der Waals surface area contributed by atoms with Crippen LogP contribution in [0, 0.1) is 0 Å². The lowest BCUT2D eigenvalue weighted by atomic mass is 10.0. The summed E-state index contributed by atoms with van der Waals surface area (Å²) in [6.07, 6.45) is 4.86. The van der Waals surface area contributed by atoms with Crippen molar-refractivity contribution in [3.63, 3.8) is 0 Å². The van der Waals surface area contributed by atoms with Gasteiger partial charge in [0.15, 0.2) is 0 Å². The smallest absolute Gasteiger partial charge is 0.296 e. The Morgan fingerprint density at radius 2 is 1.70 bits per heavy atom. The van der Waals surface area contributed by atoms with Gasteiger partial charge in [0.05, 0.1) is 7.11 Å². The molecule has 0 saturated carbocycles. The first kappa shape index (κ1) is 17.3. The second-order valence-corrected chi connectivity index (χ2v) is 6.81. The topological polar surface area (TPSA) is 51.0 Å². The van der Waals surface area contributed by atoms with E-state index in [9.17, 15) is 9.59 Å². The van der Waals surface area contributed by atoms with Crippen molar-refractivity contribution in [1.29, 1.82) is 0 Å². The van der Waals surface area contributed by atoms with Crippen LogP contribution >= 0.6 is 0 Å². The van der Waals surface area contributed by atoms with Gasteiger partial charge in [0.1, 0.15) is 11.4 Å². The highest BCUT2D eigenvalue weighted by Gasteiger charge is 2.29. The lowest BCUT2D eigenvalue weighted by Gasteiger charge is -2.26. The van der Waals surface area contributed by atoms with Crippen LogP contribution in [-0.2, 0) is 4.79 Å². The number of pyridine rings is 1. The van der Waals surface area contributed by atoms with E-state index in [1.807, 2.05) is 59.1 Å². The molecule has 2 aromatic heterocycles. The summed E-state index contributed by atoms with van der Waals surface area (Å²) in [7, 11) is 1.62. The van der Waals surface area contributed by atoms with Crippen molar-refractivity contribution in [2.24, 2.45) is 0 Å². The summed E-state index contributed by atoms with van der Waals surface area (Å²) < 4.78 is 7.04. The van der Waals surface area contributed by atoms with Gasteiger partial charge in [-0.2, -0.15) is 0 Å². The number of rotatable bonds is 4. The number of methoxy groups -OCH3 is 1. The van der Waals surface area contributed by atoms with Crippen LogP contribution in [0.2, 0.25) is 0 Å². The number of ketones is 1. The fraction of sp³-hybridized carbons (Fsp3) is 0.273. The molecule has 1 aromatic carbocycles. The Morgan fingerprint density at radius 3 is 2.41 bits per heavy atom. The highest BCUT2D eigenvalue weighted by Crippen LogP contribution is 2.30. The predicted octanol–water partition coefficient (Wildman–Crippen LogP) is 3.81. The van der Waals surface area contributed by atoms with Crippen molar-refractivity contribution in [1.82, 2.24) is 9.30 Å². The fourth-order valence-corrected chi connectivity index (χ4v) is 3.69. The second kappa shape index (κ2) is 7.27. The van der Waals surface area contributed by atoms with Crippen LogP contribution < -0.4 is 4.74 Å². The number of nitrogens with zero attached hydrogens (tertiary/aromatic N) is 2. The maximum absolute atomic E-state index is 13.2. The molecule has 5 heteroatoms. The second-order valence-electron chi connectivity index (χ2n) is 6.81. The number of carbonyl (C=O) groups is 2. The van der Waals surface area contributed by atoms with Crippen LogP contribution in [-0.4, -0.2) is 41.2 Å². The monoisotopic (exact) mass is 362 g/mol. The molecule has 1 aliphatic heterocycles. The van der Waals surface area contributed by atoms with Gasteiger partial charge in [0.2, 0.25) is 0 Å². The molecule has 0 unspecified atom stereocenters. The third kappa shape index (κ3) is 3.21. The Balaban J connectivity index is 1.80. The molecular weight excluding hydrogens is 340 g/mol. The molecule has 27 heavy (non-hydrogen) atoms. The third-order valence-corrected chi connectivity index (χ3v) is 5.13. The van der Waals surface area contributed by atoms with Crippen molar-refractivity contribution < 1.29 is 14.3 Å². The number of likely N-dealkylation sites (tertiary alicyclic amines) is 1. The SMILES string of the molecule is COc1ccc(-c2cc3ccccn3c2C(=O)C(=O)N2CCCCC2)cc1. The molecule has 3 aromatic rings. The molecule has 3 heterocycles. The summed E-state index contributed by atoms with van der Waals surface area (Å²) in [5.41, 5.74) is 2.96. The molecule has 1 fully saturated rings. The molecule has 0 spiro atoms. The number of aromatic nitrogens is 1. The minimum Gasteiger partial charge on any atom is -0.497 e. The Hall–Kier alpha value is -3.08. The molecule has 0 bridgehead atoms. The molecule has 1 aliphatic rings. The zero-order valence-corrected chi connectivity index (χ0v) is 15.4. The van der Waals surface area contributed by atoms with Crippen LogP contribution in [0.4, 0.5) is 0 Å². The summed E-state index contributed by atoms with van der Waals surface area (Å²) in [6.45, 7) is 1.32. The van der Waals surface area contributed by atoms with Gasteiger partial charge in [-0.1, -0.05) is 18.2 Å². The number of carbonyl (C=O) groups excluding carboxylic acids is 2. The van der Waals surface area contributed by atoms with Crippen LogP contribution in [0.5, 0.6) is 5.75 Å². The molecule has 138 valence electrons. The van der Waals surface area contributed by atoms with Crippen molar-refractivity contribution in [3.8, 4) is 16.9 Å². The number of fused-ring (bicyclic) bond motifs is 1. The molecule has 1 saturated heterocycles. The Labute approximate surface area is 158 Å². The summed E-state index contributed by atoms with van der Waals surface area (Å²) >= 11 is 0. The highest BCUT2D eigenvalue weighted by molar-refractivity contribution is 6.43. The zero-order valence-electron chi connectivity index (χ0n) is 15.4. The molecular formula is C22H22N2O3. The summed E-state index contributed by atoms with van der Waals surface area (Å²) in [6, 6.07) is 15.2. The minimum atomic E-state index is -0.450. The lowest BCUT2D eigenvalue weighted by Crippen LogP contribution is -2.40. The number of hydrogen-bond donors (Lipinski definition) is 0. The van der Waals surface area contributed by atoms with Gasteiger partial charge >= 0.3 is 0 Å². The van der Waals surface area contributed by atoms with Crippen LogP contribution in [0.3, 0.4) is 0 Å². The number of ether oxygens (including phenoxy) is 1. The number of Topliss-reactive ketones (excluding diaryl/α,β-unsaturated/α-hetero) is 1. The Kier molecular flexibility index (Phi) is 4.67. The number of benzene rings is 1. The largest absolute Gasteiger partial charge is 0.497 e. The van der Waals surface area contributed by atoms with Crippen molar-refractivity contribution in [2.75, 3.05) is 20.2 Å². The number of hydrogen-bond acceptors (Lipinski definition) is 3. The summed E-state index contributed by atoms with van der Waals surface area (Å²) in [4.78, 5) is 27.8. The fourth-order valence-electron chi connectivity index (χ4n) is 3.69. The van der Waals surface area contributed by atoms with Gasteiger partial charge in [-0.05, 0) is 55.2 Å². The first-order valence-electron chi connectivity index (χ1n) is 9.27. The summed E-state index contributed by atoms with van der Waals surface area (Å²) in [5, 5.41) is 0. The van der Waals surface area contributed by atoms with Crippen molar-refractivity contribution in [3.05, 3.63) is 60.4 Å². The average Bonchev–Trinajstić information content (AvgIpc) is 3.13. The van der Waals surface area contributed by atoms with E-state index in [0.29, 0.717) is 18.8 Å². The molecule has 0 atom stereocenters. The first-order valence-corrected chi connectivity index (χ1v) is 9.27. The van der Waals surface area contributed by atoms with E-state index in [0.717, 1.165) is 41.7 Å². The standard InChI is InChI=1S/C22H22N2O3/c1-27-18-10-8-16(9-11-18)19-15-17-7-3-6-14-24(17)20(19)21(25)22(26)23-12-4-2-5-13-23/h3,6-11,14-15H,2,4-5,12-13H2,1H3. The van der Waals surface area contributed by atoms with E-state index in [2.05, 4.69) is 0 Å².